The van der Waals surface area contributed by atoms with Crippen molar-refractivity contribution in [3.63, 3.8) is 0 Å². The predicted octanol–water partition coefficient (Wildman–Crippen LogP) is 5.06. The lowest BCUT2D eigenvalue weighted by Crippen LogP contribution is -2.68. The average Bonchev–Trinajstić information content (AvgIpc) is 2.70. The monoisotopic (exact) mass is 522 g/mol. The zero-order valence-electron chi connectivity index (χ0n) is 18.4. The van der Waals surface area contributed by atoms with E-state index in [0.29, 0.717) is 17.6 Å². The van der Waals surface area contributed by atoms with Gasteiger partial charge in [-0.1, -0.05) is 25.1 Å². The van der Waals surface area contributed by atoms with Crippen molar-refractivity contribution in [2.75, 3.05) is 23.3 Å². The summed E-state index contributed by atoms with van der Waals surface area (Å²) in [5, 5.41) is 2.66. The van der Waals surface area contributed by atoms with E-state index >= 15 is 0 Å². The fourth-order valence-electron chi connectivity index (χ4n) is 4.75. The van der Waals surface area contributed by atoms with Gasteiger partial charge in [0.1, 0.15) is 0 Å². The first-order chi connectivity index (χ1) is 15.7. The Morgan fingerprint density at radius 1 is 1.33 bits per heavy atom. The maximum Gasteiger partial charge on any atom is 0.387 e. The third kappa shape index (κ3) is 4.80. The number of aryl methyl sites for hydroxylation is 1. The number of hydrogen-bond acceptors (Lipinski definition) is 4. The second-order valence-electron chi connectivity index (χ2n) is 8.60. The summed E-state index contributed by atoms with van der Waals surface area (Å²) in [4.78, 5) is 32.6. The molecule has 10 heteroatoms. The second kappa shape index (κ2) is 9.24. The quantitative estimate of drug-likeness (QED) is 0.575. The van der Waals surface area contributed by atoms with Gasteiger partial charge in [0.05, 0.1) is 0 Å². The van der Waals surface area contributed by atoms with Gasteiger partial charge in [-0.25, -0.2) is 9.78 Å². The number of pyridine rings is 1. The number of halogens is 3. The highest BCUT2D eigenvalue weighted by atomic mass is 79.9. The number of amides is 3. The molecule has 1 aliphatic heterocycles. The molecule has 4 rings (SSSR count). The van der Waals surface area contributed by atoms with Gasteiger partial charge in [0.2, 0.25) is 5.91 Å². The van der Waals surface area contributed by atoms with E-state index in [1.165, 1.54) is 12.3 Å². The van der Waals surface area contributed by atoms with Crippen LogP contribution in [0.2, 0.25) is 0 Å². The van der Waals surface area contributed by atoms with Gasteiger partial charge in [-0.2, -0.15) is 8.78 Å². The zero-order valence-corrected chi connectivity index (χ0v) is 19.9. The van der Waals surface area contributed by atoms with Crippen LogP contribution >= 0.6 is 15.9 Å². The van der Waals surface area contributed by atoms with Crippen LogP contribution in [0.4, 0.5) is 25.1 Å². The fourth-order valence-corrected chi connectivity index (χ4v) is 5.06. The summed E-state index contributed by atoms with van der Waals surface area (Å²) < 4.78 is 30.8. The van der Waals surface area contributed by atoms with Gasteiger partial charge in [-0.15, -0.1) is 0 Å². The number of nitrogens with one attached hydrogen (secondary N) is 1. The summed E-state index contributed by atoms with van der Waals surface area (Å²) in [6, 6.07) is 8.43. The maximum atomic E-state index is 13.5. The molecule has 1 aromatic heterocycles. The van der Waals surface area contributed by atoms with Gasteiger partial charge in [-0.3, -0.25) is 15.0 Å². The lowest BCUT2D eigenvalue weighted by atomic mass is 9.60. The number of hydrogen-bond donors (Lipinski definition) is 1. The van der Waals surface area contributed by atoms with Crippen LogP contribution in [0.3, 0.4) is 0 Å². The fraction of sp³-hybridized carbons (Fsp3) is 0.435. The molecular formula is C23H25BrF2N4O3. The lowest BCUT2D eigenvalue weighted by Gasteiger charge is -2.60. The van der Waals surface area contributed by atoms with Gasteiger partial charge in [-0.05, 0) is 46.8 Å². The highest BCUT2D eigenvalue weighted by Crippen LogP contribution is 2.51. The number of para-hydroxylation sites is 1. The van der Waals surface area contributed by atoms with Crippen LogP contribution in [-0.2, 0) is 11.2 Å². The van der Waals surface area contributed by atoms with Crippen molar-refractivity contribution in [1.82, 2.24) is 9.88 Å². The molecule has 2 aliphatic rings. The van der Waals surface area contributed by atoms with E-state index in [0.717, 1.165) is 30.5 Å². The van der Waals surface area contributed by atoms with E-state index < -0.39 is 12.6 Å². The normalized spacial score (nSPS) is 16.8. The molecule has 1 N–H and O–H groups in total. The van der Waals surface area contributed by atoms with Crippen LogP contribution < -0.4 is 15.0 Å². The molecule has 1 spiro atoms. The van der Waals surface area contributed by atoms with Crippen molar-refractivity contribution in [3.05, 3.63) is 46.6 Å². The van der Waals surface area contributed by atoms with Crippen LogP contribution in [0.5, 0.6) is 5.75 Å². The Labute approximate surface area is 199 Å². The zero-order chi connectivity index (χ0) is 23.8. The third-order valence-electron chi connectivity index (χ3n) is 6.31. The first-order valence-corrected chi connectivity index (χ1v) is 11.5. The summed E-state index contributed by atoms with van der Waals surface area (Å²) in [6.07, 6.45) is 3.65. The topological polar surface area (TPSA) is 74.8 Å². The van der Waals surface area contributed by atoms with Crippen molar-refractivity contribution in [2.45, 2.75) is 45.8 Å². The van der Waals surface area contributed by atoms with Gasteiger partial charge in [0.25, 0.3) is 0 Å². The van der Waals surface area contributed by atoms with E-state index in [1.807, 2.05) is 31.2 Å². The summed E-state index contributed by atoms with van der Waals surface area (Å²) in [5.41, 5.74) is 1.81. The number of nitrogens with zero attached hydrogens (tertiary/aromatic N) is 3. The largest absolute Gasteiger partial charge is 0.431 e. The standard InChI is InChI=1S/C23H25BrF2N4O3/c1-3-15-6-4-5-7-18(15)30(17-9-23(10-17)12-29(13-23)14(2)31)22(32)28-20-19(33-21(25)26)8-16(24)11-27-20/h4-8,11,17,21H,3,9-10,12-13H2,1-2H3,(H,27,28,32). The Bertz CT molecular complexity index is 1050. The Kier molecular flexibility index (Phi) is 6.56. The number of aromatic nitrogens is 1. The molecule has 2 fully saturated rings. The predicted molar refractivity (Wildman–Crippen MR) is 124 cm³/mol. The second-order valence-corrected chi connectivity index (χ2v) is 9.51. The highest BCUT2D eigenvalue weighted by Gasteiger charge is 2.55. The molecule has 0 unspecified atom stereocenters. The van der Waals surface area contributed by atoms with Crippen LogP contribution in [0.25, 0.3) is 0 Å². The molecule has 1 aromatic carbocycles. The summed E-state index contributed by atoms with van der Waals surface area (Å²) in [7, 11) is 0. The average molecular weight is 523 g/mol. The van der Waals surface area contributed by atoms with E-state index in [2.05, 4.69) is 31.0 Å². The number of benzene rings is 1. The summed E-state index contributed by atoms with van der Waals surface area (Å²) >= 11 is 3.18. The number of anilines is 2. The molecule has 1 saturated carbocycles. The number of likely N-dealkylation sites (tertiary alicyclic amines) is 1. The first kappa shape index (κ1) is 23.4. The van der Waals surface area contributed by atoms with Crippen LogP contribution in [-0.4, -0.2) is 47.6 Å². The molecule has 0 radical (unpaired) electrons. The smallest absolute Gasteiger partial charge is 0.387 e. The molecule has 176 valence electrons. The minimum absolute atomic E-state index is 0.0375. The van der Waals surface area contributed by atoms with Gasteiger partial charge >= 0.3 is 12.6 Å². The number of carbonyl (C=O) groups excluding carboxylic acids is 2. The minimum atomic E-state index is -3.05. The third-order valence-corrected chi connectivity index (χ3v) is 6.75. The van der Waals surface area contributed by atoms with Crippen molar-refractivity contribution in [1.29, 1.82) is 0 Å². The first-order valence-electron chi connectivity index (χ1n) is 10.8. The van der Waals surface area contributed by atoms with Crippen LogP contribution in [0.15, 0.2) is 41.0 Å². The minimum Gasteiger partial charge on any atom is -0.431 e. The Hall–Kier alpha value is -2.75. The SMILES string of the molecule is CCc1ccccc1N(C(=O)Nc1ncc(Br)cc1OC(F)F)C1CC2(C1)CN(C(C)=O)C2. The molecule has 0 atom stereocenters. The van der Waals surface area contributed by atoms with Gasteiger partial charge in [0, 0.05) is 53.9 Å². The maximum absolute atomic E-state index is 13.5. The van der Waals surface area contributed by atoms with E-state index in [9.17, 15) is 18.4 Å². The van der Waals surface area contributed by atoms with Crippen molar-refractivity contribution in [3.8, 4) is 5.75 Å². The van der Waals surface area contributed by atoms with Crippen LogP contribution in [0.1, 0.15) is 32.3 Å². The Morgan fingerprint density at radius 2 is 2.03 bits per heavy atom. The van der Waals surface area contributed by atoms with E-state index in [4.69, 9.17) is 0 Å². The molecule has 0 bridgehead atoms. The Morgan fingerprint density at radius 3 is 2.67 bits per heavy atom. The Balaban J connectivity index is 1.59. The molecule has 1 aliphatic carbocycles. The molecule has 7 nitrogen and oxygen atoms in total. The highest BCUT2D eigenvalue weighted by molar-refractivity contribution is 9.10. The van der Waals surface area contributed by atoms with Gasteiger partial charge in [0.15, 0.2) is 11.6 Å². The molecule has 2 aromatic rings. The van der Waals surface area contributed by atoms with Crippen molar-refractivity contribution < 1.29 is 23.1 Å². The van der Waals surface area contributed by atoms with Crippen molar-refractivity contribution in [2.24, 2.45) is 5.41 Å². The number of urea groups is 1. The lowest BCUT2D eigenvalue weighted by molar-refractivity contribution is -0.148. The molecular weight excluding hydrogens is 498 g/mol. The molecule has 33 heavy (non-hydrogen) atoms. The summed E-state index contributed by atoms with van der Waals surface area (Å²) in [5.74, 6) is -0.247. The van der Waals surface area contributed by atoms with Crippen LogP contribution in [0, 0.1) is 5.41 Å². The molecule has 1 saturated heterocycles. The molecule has 2 heterocycles. The number of ether oxygens (including phenoxy) is 1. The number of rotatable bonds is 6. The van der Waals surface area contributed by atoms with Gasteiger partial charge < -0.3 is 9.64 Å². The summed E-state index contributed by atoms with van der Waals surface area (Å²) in [6.45, 7) is 1.92. The van der Waals surface area contributed by atoms with E-state index in [1.54, 1.807) is 16.7 Å². The van der Waals surface area contributed by atoms with Crippen molar-refractivity contribution >= 4 is 39.4 Å². The number of carbonyl (C=O) groups is 2. The van der Waals surface area contributed by atoms with E-state index in [-0.39, 0.29) is 28.9 Å². The number of alkyl halides is 2. The molecule has 3 amide bonds.